The number of hydrogen-bond donors (Lipinski definition) is 1. The molecule has 7 heteroatoms. The molecule has 1 aromatic heterocycles. The smallest absolute Gasteiger partial charge is 0.254 e. The summed E-state index contributed by atoms with van der Waals surface area (Å²) in [7, 11) is 1.81. The summed E-state index contributed by atoms with van der Waals surface area (Å²) < 4.78 is 7.91. The van der Waals surface area contributed by atoms with Gasteiger partial charge in [-0.05, 0) is 23.8 Å². The zero-order chi connectivity index (χ0) is 20.1. The molecule has 3 aromatic rings. The van der Waals surface area contributed by atoms with E-state index in [0.29, 0.717) is 25.4 Å². The first-order chi connectivity index (χ1) is 14.0. The highest BCUT2D eigenvalue weighted by molar-refractivity contribution is 5.99. The number of nitrogens with one attached hydrogen (secondary N) is 1. The molecule has 0 saturated carbocycles. The second-order valence-corrected chi connectivity index (χ2v) is 7.50. The van der Waals surface area contributed by atoms with Crippen LogP contribution in [0.1, 0.15) is 34.1 Å². The van der Waals surface area contributed by atoms with Gasteiger partial charge in [0.05, 0.1) is 17.9 Å². The third kappa shape index (κ3) is 3.04. The minimum absolute atomic E-state index is 0.0508. The van der Waals surface area contributed by atoms with E-state index in [1.807, 2.05) is 54.2 Å². The third-order valence-electron chi connectivity index (χ3n) is 5.34. The summed E-state index contributed by atoms with van der Waals surface area (Å²) >= 11 is 0. The molecule has 2 aliphatic rings. The Labute approximate surface area is 167 Å². The Morgan fingerprint density at radius 2 is 1.93 bits per heavy atom. The summed E-state index contributed by atoms with van der Waals surface area (Å²) in [5.41, 5.74) is 6.22. The van der Waals surface area contributed by atoms with Gasteiger partial charge in [-0.25, -0.2) is 0 Å². The van der Waals surface area contributed by atoms with E-state index in [1.54, 1.807) is 4.90 Å². The number of ether oxygens (including phenoxy) is 1. The van der Waals surface area contributed by atoms with Gasteiger partial charge in [0.2, 0.25) is 5.91 Å². The first-order valence-corrected chi connectivity index (χ1v) is 9.47. The second-order valence-electron chi connectivity index (χ2n) is 7.50. The summed E-state index contributed by atoms with van der Waals surface area (Å²) in [5.74, 6) is 0.680. The molecule has 0 bridgehead atoms. The van der Waals surface area contributed by atoms with Crippen molar-refractivity contribution in [2.75, 3.05) is 12.4 Å². The monoisotopic (exact) mass is 388 g/mol. The molecule has 5 rings (SSSR count). The summed E-state index contributed by atoms with van der Waals surface area (Å²) in [6.45, 7) is 3.10. The Kier molecular flexibility index (Phi) is 3.91. The molecule has 0 unspecified atom stereocenters. The molecule has 2 aromatic carbocycles. The zero-order valence-corrected chi connectivity index (χ0v) is 16.2. The van der Waals surface area contributed by atoms with Gasteiger partial charge in [0.15, 0.2) is 0 Å². The number of amides is 2. The van der Waals surface area contributed by atoms with Gasteiger partial charge in [0, 0.05) is 49.0 Å². The Morgan fingerprint density at radius 1 is 1.10 bits per heavy atom. The number of fused-ring (bicyclic) bond motifs is 3. The minimum Gasteiger partial charge on any atom is -0.487 e. The molecular weight excluding hydrogens is 368 g/mol. The van der Waals surface area contributed by atoms with E-state index >= 15 is 0 Å². The van der Waals surface area contributed by atoms with Crippen molar-refractivity contribution < 1.29 is 14.3 Å². The number of nitrogens with zero attached hydrogens (tertiary/aromatic N) is 3. The Balaban J connectivity index is 1.45. The predicted molar refractivity (Wildman–Crippen MR) is 108 cm³/mol. The van der Waals surface area contributed by atoms with Crippen molar-refractivity contribution in [1.82, 2.24) is 14.7 Å². The lowest BCUT2D eigenvalue weighted by atomic mass is 10.0. The molecule has 0 radical (unpaired) electrons. The molecule has 0 atom stereocenters. The van der Waals surface area contributed by atoms with Crippen LogP contribution in [0.4, 0.5) is 5.69 Å². The molecule has 2 amide bonds. The summed E-state index contributed by atoms with van der Waals surface area (Å²) in [5, 5.41) is 7.54. The second kappa shape index (κ2) is 6.48. The molecular formula is C22H20N4O3. The van der Waals surface area contributed by atoms with Crippen LogP contribution in [-0.4, -0.2) is 33.5 Å². The van der Waals surface area contributed by atoms with Gasteiger partial charge in [-0.2, -0.15) is 5.10 Å². The van der Waals surface area contributed by atoms with Gasteiger partial charge < -0.3 is 15.0 Å². The van der Waals surface area contributed by atoms with Gasteiger partial charge in [0.1, 0.15) is 12.4 Å². The third-order valence-corrected chi connectivity index (χ3v) is 5.34. The molecule has 0 aliphatic carbocycles. The van der Waals surface area contributed by atoms with Crippen LogP contribution in [-0.2, 0) is 24.5 Å². The first kappa shape index (κ1) is 17.5. The number of rotatable bonds is 2. The van der Waals surface area contributed by atoms with Gasteiger partial charge >= 0.3 is 0 Å². The standard InChI is InChI=1S/C22H20N4O3/c1-13(27)23-17-6-5-16-11-26-18(12-29-21(16)8-17)9-20(24-26)14-3-4-15-10-25(2)22(28)19(15)7-14/h3-9H,10-12H2,1-2H3,(H,23,27). The van der Waals surface area contributed by atoms with Crippen molar-refractivity contribution in [3.8, 4) is 17.0 Å². The lowest BCUT2D eigenvalue weighted by molar-refractivity contribution is -0.114. The van der Waals surface area contributed by atoms with Crippen molar-refractivity contribution in [3.63, 3.8) is 0 Å². The zero-order valence-electron chi connectivity index (χ0n) is 16.2. The maximum atomic E-state index is 12.3. The first-order valence-electron chi connectivity index (χ1n) is 9.47. The van der Waals surface area contributed by atoms with Crippen LogP contribution in [0.2, 0.25) is 0 Å². The summed E-state index contributed by atoms with van der Waals surface area (Å²) in [6.07, 6.45) is 0. The predicted octanol–water partition coefficient (Wildman–Crippen LogP) is 3.03. The molecule has 2 aliphatic heterocycles. The van der Waals surface area contributed by atoms with E-state index in [2.05, 4.69) is 5.32 Å². The van der Waals surface area contributed by atoms with Gasteiger partial charge in [-0.3, -0.25) is 14.3 Å². The van der Waals surface area contributed by atoms with E-state index < -0.39 is 0 Å². The van der Waals surface area contributed by atoms with Crippen LogP contribution < -0.4 is 10.1 Å². The van der Waals surface area contributed by atoms with E-state index in [9.17, 15) is 9.59 Å². The van der Waals surface area contributed by atoms with Gasteiger partial charge in [0.25, 0.3) is 5.91 Å². The number of carbonyl (C=O) groups is 2. The molecule has 7 nitrogen and oxygen atoms in total. The highest BCUT2D eigenvalue weighted by Crippen LogP contribution is 2.31. The van der Waals surface area contributed by atoms with Crippen LogP contribution >= 0.6 is 0 Å². The quantitative estimate of drug-likeness (QED) is 0.732. The van der Waals surface area contributed by atoms with Crippen molar-refractivity contribution in [3.05, 3.63) is 64.8 Å². The lowest BCUT2D eigenvalue weighted by Gasteiger charge is -2.09. The van der Waals surface area contributed by atoms with Gasteiger partial charge in [-0.1, -0.05) is 18.2 Å². The van der Waals surface area contributed by atoms with E-state index in [4.69, 9.17) is 9.84 Å². The van der Waals surface area contributed by atoms with Crippen LogP contribution in [0, 0.1) is 0 Å². The Morgan fingerprint density at radius 3 is 2.76 bits per heavy atom. The summed E-state index contributed by atoms with van der Waals surface area (Å²) in [6, 6.07) is 13.6. The SMILES string of the molecule is CC(=O)Nc1ccc2c(c1)OCc1cc(-c3ccc4c(c3)C(=O)N(C)C4)nn1C2. The van der Waals surface area contributed by atoms with E-state index in [-0.39, 0.29) is 11.8 Å². The summed E-state index contributed by atoms with van der Waals surface area (Å²) in [4.78, 5) is 25.3. The fourth-order valence-corrected chi connectivity index (χ4v) is 3.87. The maximum Gasteiger partial charge on any atom is 0.254 e. The highest BCUT2D eigenvalue weighted by atomic mass is 16.5. The van der Waals surface area contributed by atoms with Crippen LogP contribution in [0.15, 0.2) is 42.5 Å². The molecule has 0 saturated heterocycles. The Hall–Kier alpha value is -3.61. The molecule has 3 heterocycles. The van der Waals surface area contributed by atoms with Crippen molar-refractivity contribution in [2.24, 2.45) is 0 Å². The number of hydrogen-bond acceptors (Lipinski definition) is 4. The topological polar surface area (TPSA) is 76.5 Å². The molecule has 0 spiro atoms. The largest absolute Gasteiger partial charge is 0.487 e. The van der Waals surface area contributed by atoms with Crippen LogP contribution in [0.5, 0.6) is 5.75 Å². The number of benzene rings is 2. The number of anilines is 1. The molecule has 29 heavy (non-hydrogen) atoms. The van der Waals surface area contributed by atoms with Crippen LogP contribution in [0.25, 0.3) is 11.3 Å². The van der Waals surface area contributed by atoms with Crippen molar-refractivity contribution in [2.45, 2.75) is 26.6 Å². The maximum absolute atomic E-state index is 12.3. The molecule has 1 N–H and O–H groups in total. The fourth-order valence-electron chi connectivity index (χ4n) is 3.87. The Bertz CT molecular complexity index is 1160. The fraction of sp³-hybridized carbons (Fsp3) is 0.227. The number of aromatic nitrogens is 2. The molecule has 146 valence electrons. The lowest BCUT2D eigenvalue weighted by Crippen LogP contribution is -2.17. The minimum atomic E-state index is -0.116. The van der Waals surface area contributed by atoms with Crippen molar-refractivity contribution >= 4 is 17.5 Å². The average molecular weight is 388 g/mol. The van der Waals surface area contributed by atoms with Crippen molar-refractivity contribution in [1.29, 1.82) is 0 Å². The van der Waals surface area contributed by atoms with E-state index in [0.717, 1.165) is 39.4 Å². The van der Waals surface area contributed by atoms with E-state index in [1.165, 1.54) is 6.92 Å². The van der Waals surface area contributed by atoms with Gasteiger partial charge in [-0.15, -0.1) is 0 Å². The molecule has 0 fully saturated rings. The normalized spacial score (nSPS) is 14.6. The highest BCUT2D eigenvalue weighted by Gasteiger charge is 2.25. The number of carbonyl (C=O) groups excluding carboxylic acids is 2. The van der Waals surface area contributed by atoms with Crippen LogP contribution in [0.3, 0.4) is 0 Å². The average Bonchev–Trinajstić information content (AvgIpc) is 3.16.